The molecule has 0 aromatic carbocycles. The van der Waals surface area contributed by atoms with E-state index < -0.39 is 110 Å². The number of carbonyl (C=O) groups excluding carboxylic acids is 2. The maximum Gasteiger partial charge on any atom is 0.217 e. The summed E-state index contributed by atoms with van der Waals surface area (Å²) in [7, 11) is 0. The quantitative estimate of drug-likeness (QED) is 0.143. The van der Waals surface area contributed by atoms with Crippen molar-refractivity contribution in [3.8, 4) is 0 Å². The lowest BCUT2D eigenvalue weighted by Crippen LogP contribution is -2.70. The van der Waals surface area contributed by atoms with Crippen LogP contribution in [0, 0.1) is 0 Å². The molecule has 3 fully saturated rings. The van der Waals surface area contributed by atoms with Crippen molar-refractivity contribution in [1.29, 1.82) is 0 Å². The van der Waals surface area contributed by atoms with Crippen LogP contribution < -0.4 is 10.6 Å². The third-order valence-electron chi connectivity index (χ3n) is 6.82. The van der Waals surface area contributed by atoms with Crippen molar-refractivity contribution in [2.24, 2.45) is 0 Å². The standard InChI is InChI=1S/C22H38N2O14/c1-6-14(29)17(32)19(20(33)34-6)38-22-12(24-9(4)27)18(15(30)10(5-25)36-22)37-21-11(23-8(3)26)16(31)13(28)7(2)35-21/h6-7,10-22,25,28-33H,5H2,1-4H3,(H,23,26)(H,24,27)/t6-,7-,10+,11-,12+,13+,14-,15+,16-,17+,18+,19+,20+,21-,22-/m0/s1. The predicted molar refractivity (Wildman–Crippen MR) is 122 cm³/mol. The summed E-state index contributed by atoms with van der Waals surface area (Å²) in [6.07, 6.45) is -18.7. The molecule has 0 bridgehead atoms. The van der Waals surface area contributed by atoms with Gasteiger partial charge in [0.25, 0.3) is 0 Å². The van der Waals surface area contributed by atoms with Gasteiger partial charge in [0.1, 0.15) is 60.9 Å². The highest BCUT2D eigenvalue weighted by molar-refractivity contribution is 5.73. The second kappa shape index (κ2) is 12.8. The van der Waals surface area contributed by atoms with Gasteiger partial charge in [-0.15, -0.1) is 0 Å². The van der Waals surface area contributed by atoms with E-state index in [1.165, 1.54) is 20.8 Å². The first-order chi connectivity index (χ1) is 17.8. The molecule has 9 N–H and O–H groups in total. The van der Waals surface area contributed by atoms with Crippen molar-refractivity contribution < 1.29 is 69.0 Å². The van der Waals surface area contributed by atoms with Gasteiger partial charge in [-0.3, -0.25) is 9.59 Å². The molecule has 16 heteroatoms. The van der Waals surface area contributed by atoms with Crippen LogP contribution in [0.25, 0.3) is 0 Å². The summed E-state index contributed by atoms with van der Waals surface area (Å²) in [5, 5.41) is 77.5. The molecule has 3 rings (SSSR count). The third-order valence-corrected chi connectivity index (χ3v) is 6.82. The zero-order chi connectivity index (χ0) is 28.5. The lowest BCUT2D eigenvalue weighted by atomic mass is 9.94. The highest BCUT2D eigenvalue weighted by atomic mass is 16.7. The molecule has 220 valence electrons. The van der Waals surface area contributed by atoms with Crippen LogP contribution in [0.5, 0.6) is 0 Å². The Bertz CT molecular complexity index is 821. The molecule has 38 heavy (non-hydrogen) atoms. The van der Waals surface area contributed by atoms with E-state index >= 15 is 0 Å². The minimum absolute atomic E-state index is 0.582. The van der Waals surface area contributed by atoms with Crippen molar-refractivity contribution in [3.05, 3.63) is 0 Å². The number of hydrogen-bond acceptors (Lipinski definition) is 14. The van der Waals surface area contributed by atoms with Gasteiger partial charge in [-0.25, -0.2) is 0 Å². The van der Waals surface area contributed by atoms with Gasteiger partial charge in [-0.1, -0.05) is 0 Å². The molecule has 0 radical (unpaired) electrons. The van der Waals surface area contributed by atoms with Crippen LogP contribution in [-0.2, 0) is 33.3 Å². The zero-order valence-electron chi connectivity index (χ0n) is 21.4. The van der Waals surface area contributed by atoms with Gasteiger partial charge in [0, 0.05) is 13.8 Å². The Hall–Kier alpha value is -1.54. The maximum absolute atomic E-state index is 12.1. The molecule has 0 aromatic rings. The number of amides is 2. The highest BCUT2D eigenvalue weighted by Crippen LogP contribution is 2.32. The Balaban J connectivity index is 1.92. The molecule has 0 aromatic heterocycles. The first kappa shape index (κ1) is 31.0. The van der Waals surface area contributed by atoms with Gasteiger partial charge < -0.3 is 70.1 Å². The Labute approximate surface area is 218 Å². The predicted octanol–water partition coefficient (Wildman–Crippen LogP) is -5.23. The van der Waals surface area contributed by atoms with Crippen molar-refractivity contribution in [3.63, 3.8) is 0 Å². The van der Waals surface area contributed by atoms with E-state index in [1.807, 2.05) is 0 Å². The summed E-state index contributed by atoms with van der Waals surface area (Å²) in [4.78, 5) is 23.9. The Kier molecular flexibility index (Phi) is 10.4. The van der Waals surface area contributed by atoms with Gasteiger partial charge in [-0.2, -0.15) is 0 Å². The van der Waals surface area contributed by atoms with Crippen LogP contribution in [0.2, 0.25) is 0 Å². The van der Waals surface area contributed by atoms with E-state index in [1.54, 1.807) is 0 Å². The van der Waals surface area contributed by atoms with E-state index in [0.29, 0.717) is 0 Å². The zero-order valence-corrected chi connectivity index (χ0v) is 21.4. The molecular formula is C22H38N2O14. The Morgan fingerprint density at radius 3 is 1.76 bits per heavy atom. The van der Waals surface area contributed by atoms with E-state index in [9.17, 15) is 45.3 Å². The molecule has 16 nitrogen and oxygen atoms in total. The first-order valence-corrected chi connectivity index (χ1v) is 12.3. The summed E-state index contributed by atoms with van der Waals surface area (Å²) in [5.74, 6) is -1.21. The van der Waals surface area contributed by atoms with Crippen LogP contribution in [0.3, 0.4) is 0 Å². The number of aliphatic hydroxyl groups excluding tert-OH is 7. The summed E-state index contributed by atoms with van der Waals surface area (Å²) < 4.78 is 28.1. The number of aliphatic hydroxyl groups is 7. The van der Waals surface area contributed by atoms with E-state index in [4.69, 9.17) is 23.7 Å². The number of rotatable bonds is 7. The summed E-state index contributed by atoms with van der Waals surface area (Å²) in [6.45, 7) is 4.44. The topological polar surface area (TPSA) is 246 Å². The average Bonchev–Trinajstić information content (AvgIpc) is 2.84. The number of ether oxygens (including phenoxy) is 5. The van der Waals surface area contributed by atoms with Gasteiger partial charge in [-0.05, 0) is 13.8 Å². The SMILES string of the molecule is CC(=O)N[C@@H]1[C@H](O[C@H]2[C@H](O)[C@@H](CO)O[C@@H](O[C@@H]3[C@H](O)[C@@H](O)[C@H](C)O[C@H]3O)[C@@H]2NC(C)=O)O[C@@H](C)[C@@H](O)[C@H]1O. The van der Waals surface area contributed by atoms with Gasteiger partial charge >= 0.3 is 0 Å². The van der Waals surface area contributed by atoms with Crippen LogP contribution in [0.1, 0.15) is 27.7 Å². The molecular weight excluding hydrogens is 516 g/mol. The fourth-order valence-corrected chi connectivity index (χ4v) is 4.74. The van der Waals surface area contributed by atoms with E-state index in [0.717, 1.165) is 6.92 Å². The van der Waals surface area contributed by atoms with Gasteiger partial charge in [0.2, 0.25) is 11.8 Å². The van der Waals surface area contributed by atoms with E-state index in [-0.39, 0.29) is 0 Å². The van der Waals surface area contributed by atoms with Crippen molar-refractivity contribution in [2.75, 3.05) is 6.61 Å². The highest BCUT2D eigenvalue weighted by Gasteiger charge is 2.53. The smallest absolute Gasteiger partial charge is 0.217 e. The molecule has 0 saturated carbocycles. The number of nitrogens with one attached hydrogen (secondary N) is 2. The molecule has 3 saturated heterocycles. The molecule has 0 unspecified atom stereocenters. The van der Waals surface area contributed by atoms with Crippen molar-refractivity contribution in [2.45, 2.75) is 120 Å². The first-order valence-electron chi connectivity index (χ1n) is 12.3. The van der Waals surface area contributed by atoms with Gasteiger partial charge in [0.05, 0.1) is 18.8 Å². The van der Waals surface area contributed by atoms with Crippen LogP contribution >= 0.6 is 0 Å². The minimum atomic E-state index is -1.72. The molecule has 3 heterocycles. The maximum atomic E-state index is 12.1. The second-order valence-electron chi connectivity index (χ2n) is 9.77. The number of carbonyl (C=O) groups is 2. The second-order valence-corrected chi connectivity index (χ2v) is 9.77. The minimum Gasteiger partial charge on any atom is -0.394 e. The lowest BCUT2D eigenvalue weighted by molar-refractivity contribution is -0.358. The van der Waals surface area contributed by atoms with Gasteiger partial charge in [0.15, 0.2) is 18.9 Å². The Morgan fingerprint density at radius 2 is 1.18 bits per heavy atom. The fraction of sp³-hybridized carbons (Fsp3) is 0.909. The lowest BCUT2D eigenvalue weighted by Gasteiger charge is -2.49. The molecule has 2 amide bonds. The summed E-state index contributed by atoms with van der Waals surface area (Å²) in [5.41, 5.74) is 0. The molecule has 0 aliphatic carbocycles. The normalized spacial score (nSPS) is 47.8. The van der Waals surface area contributed by atoms with Crippen molar-refractivity contribution >= 4 is 11.8 Å². The van der Waals surface area contributed by atoms with Crippen LogP contribution in [0.4, 0.5) is 0 Å². The van der Waals surface area contributed by atoms with Crippen LogP contribution in [-0.4, -0.2) is 146 Å². The molecule has 0 spiro atoms. The van der Waals surface area contributed by atoms with E-state index in [2.05, 4.69) is 10.6 Å². The molecule has 15 atom stereocenters. The fourth-order valence-electron chi connectivity index (χ4n) is 4.74. The largest absolute Gasteiger partial charge is 0.394 e. The third kappa shape index (κ3) is 6.60. The van der Waals surface area contributed by atoms with Crippen molar-refractivity contribution in [1.82, 2.24) is 10.6 Å². The Morgan fingerprint density at radius 1 is 0.684 bits per heavy atom. The molecule has 3 aliphatic rings. The summed E-state index contributed by atoms with van der Waals surface area (Å²) >= 11 is 0. The summed E-state index contributed by atoms with van der Waals surface area (Å²) in [6, 6.07) is -2.67. The monoisotopic (exact) mass is 554 g/mol. The number of hydrogen-bond donors (Lipinski definition) is 9. The van der Waals surface area contributed by atoms with Crippen LogP contribution in [0.15, 0.2) is 0 Å². The molecule has 3 aliphatic heterocycles. The average molecular weight is 555 g/mol.